The van der Waals surface area contributed by atoms with Crippen molar-refractivity contribution >= 4 is 29.2 Å². The molecule has 0 aliphatic heterocycles. The van der Waals surface area contributed by atoms with Gasteiger partial charge in [-0.25, -0.2) is 19.9 Å². The van der Waals surface area contributed by atoms with Gasteiger partial charge in [-0.2, -0.15) is 0 Å². The van der Waals surface area contributed by atoms with Gasteiger partial charge in [-0.05, 0) is 13.0 Å². The minimum absolute atomic E-state index is 0.338. The number of halogens is 1. The number of nitrogens with zero attached hydrogens (tertiary/aromatic N) is 4. The summed E-state index contributed by atoms with van der Waals surface area (Å²) in [7, 11) is 0. The molecule has 0 saturated carbocycles. The van der Waals surface area contributed by atoms with Gasteiger partial charge in [-0.3, -0.25) is 0 Å². The highest BCUT2D eigenvalue weighted by Gasteiger charge is 2.04. The monoisotopic (exact) mass is 267 g/mol. The lowest BCUT2D eigenvalue weighted by Crippen LogP contribution is -1.97. The van der Waals surface area contributed by atoms with Crippen LogP contribution in [0, 0.1) is 6.92 Å². The minimum Gasteiger partial charge on any atom is -0.384 e. The molecule has 0 spiro atoms. The summed E-state index contributed by atoms with van der Waals surface area (Å²) in [5.41, 5.74) is 6.50. The molecule has 0 aliphatic carbocycles. The van der Waals surface area contributed by atoms with E-state index in [1.165, 1.54) is 17.8 Å². The van der Waals surface area contributed by atoms with Gasteiger partial charge in [0.25, 0.3) is 0 Å². The average Bonchev–Trinajstić information content (AvgIpc) is 2.25. The van der Waals surface area contributed by atoms with E-state index >= 15 is 0 Å². The largest absolute Gasteiger partial charge is 0.384 e. The van der Waals surface area contributed by atoms with Gasteiger partial charge in [0.15, 0.2) is 5.16 Å². The summed E-state index contributed by atoms with van der Waals surface area (Å²) in [5, 5.41) is 0.866. The maximum absolute atomic E-state index is 5.78. The van der Waals surface area contributed by atoms with Crippen LogP contribution in [0.15, 0.2) is 23.5 Å². The fourth-order valence-corrected chi connectivity index (χ4v) is 2.15. The Morgan fingerprint density at radius 1 is 1.35 bits per heavy atom. The number of thioether (sulfide) groups is 1. The lowest BCUT2D eigenvalue weighted by atomic mass is 10.4. The molecule has 5 nitrogen and oxygen atoms in total. The van der Waals surface area contributed by atoms with Crippen LogP contribution < -0.4 is 5.73 Å². The van der Waals surface area contributed by atoms with E-state index in [0.29, 0.717) is 21.9 Å². The van der Waals surface area contributed by atoms with Crippen LogP contribution in [0.25, 0.3) is 0 Å². The lowest BCUT2D eigenvalue weighted by molar-refractivity contribution is 0.959. The van der Waals surface area contributed by atoms with E-state index in [1.54, 1.807) is 6.20 Å². The molecule has 17 heavy (non-hydrogen) atoms. The Labute approximate surface area is 108 Å². The molecule has 0 amide bonds. The third-order valence-corrected chi connectivity index (χ3v) is 2.91. The van der Waals surface area contributed by atoms with Crippen molar-refractivity contribution in [3.05, 3.63) is 35.0 Å². The fourth-order valence-electron chi connectivity index (χ4n) is 1.18. The molecule has 88 valence electrons. The quantitative estimate of drug-likeness (QED) is 0.521. The van der Waals surface area contributed by atoms with Crippen molar-refractivity contribution in [3.8, 4) is 0 Å². The van der Waals surface area contributed by atoms with E-state index in [9.17, 15) is 0 Å². The second kappa shape index (κ2) is 5.29. The van der Waals surface area contributed by atoms with Crippen LogP contribution in [0.1, 0.15) is 11.5 Å². The predicted molar refractivity (Wildman–Crippen MR) is 67.8 cm³/mol. The summed E-state index contributed by atoms with van der Waals surface area (Å²) in [5.74, 6) is 1.68. The van der Waals surface area contributed by atoms with Crippen LogP contribution >= 0.6 is 23.4 Å². The second-order valence-corrected chi connectivity index (χ2v) is 4.63. The average molecular weight is 268 g/mol. The maximum atomic E-state index is 5.78. The third-order valence-electron chi connectivity index (χ3n) is 1.87. The highest BCUT2D eigenvalue weighted by molar-refractivity contribution is 7.98. The molecule has 2 rings (SSSR count). The van der Waals surface area contributed by atoms with Crippen LogP contribution in [0.2, 0.25) is 5.15 Å². The smallest absolute Gasteiger partial charge is 0.191 e. The van der Waals surface area contributed by atoms with Crippen molar-refractivity contribution in [1.29, 1.82) is 0 Å². The van der Waals surface area contributed by atoms with Crippen molar-refractivity contribution in [3.63, 3.8) is 0 Å². The van der Waals surface area contributed by atoms with Gasteiger partial charge in [-0.15, -0.1) is 0 Å². The summed E-state index contributed by atoms with van der Waals surface area (Å²) in [4.78, 5) is 16.5. The first-order chi connectivity index (χ1) is 8.13. The van der Waals surface area contributed by atoms with E-state index < -0.39 is 0 Å². The van der Waals surface area contributed by atoms with E-state index in [2.05, 4.69) is 19.9 Å². The van der Waals surface area contributed by atoms with Crippen LogP contribution in [0.4, 0.5) is 5.82 Å². The van der Waals surface area contributed by atoms with Gasteiger partial charge in [0.1, 0.15) is 16.8 Å². The number of nitrogens with two attached hydrogens (primary N) is 1. The van der Waals surface area contributed by atoms with E-state index in [1.807, 2.05) is 13.0 Å². The summed E-state index contributed by atoms with van der Waals surface area (Å²) in [6, 6.07) is 3.36. The molecule has 0 saturated heterocycles. The molecule has 0 bridgehead atoms. The summed E-state index contributed by atoms with van der Waals surface area (Å²) in [6.07, 6.45) is 1.73. The van der Waals surface area contributed by atoms with Crippen LogP contribution in [0.3, 0.4) is 0 Å². The van der Waals surface area contributed by atoms with Crippen molar-refractivity contribution < 1.29 is 0 Å². The van der Waals surface area contributed by atoms with Gasteiger partial charge in [0.05, 0.1) is 5.75 Å². The molecule has 0 aliphatic rings. The van der Waals surface area contributed by atoms with Gasteiger partial charge in [0.2, 0.25) is 0 Å². The Bertz CT molecular complexity index is 514. The molecule has 0 unspecified atom stereocenters. The van der Waals surface area contributed by atoms with Gasteiger partial charge < -0.3 is 5.73 Å². The Balaban J connectivity index is 2.07. The van der Waals surface area contributed by atoms with E-state index in [-0.39, 0.29) is 0 Å². The fraction of sp³-hybridized carbons (Fsp3) is 0.200. The zero-order chi connectivity index (χ0) is 12.3. The molecule has 2 aromatic rings. The summed E-state index contributed by atoms with van der Waals surface area (Å²) >= 11 is 7.18. The van der Waals surface area contributed by atoms with E-state index in [4.69, 9.17) is 17.3 Å². The zero-order valence-corrected chi connectivity index (χ0v) is 10.7. The number of anilines is 1. The first-order valence-electron chi connectivity index (χ1n) is 4.85. The lowest BCUT2D eigenvalue weighted by Gasteiger charge is -2.01. The Kier molecular flexibility index (Phi) is 3.75. The van der Waals surface area contributed by atoms with Crippen LogP contribution in [-0.2, 0) is 5.75 Å². The zero-order valence-electron chi connectivity index (χ0n) is 9.09. The molecular formula is C10H10ClN5S. The Hall–Kier alpha value is -1.40. The number of aryl methyl sites for hydroxylation is 1. The van der Waals surface area contributed by atoms with Crippen LogP contribution in [-0.4, -0.2) is 19.9 Å². The number of aromatic nitrogens is 4. The Morgan fingerprint density at radius 2 is 2.18 bits per heavy atom. The van der Waals surface area contributed by atoms with Gasteiger partial charge in [0, 0.05) is 18.0 Å². The number of hydrogen-bond acceptors (Lipinski definition) is 6. The predicted octanol–water partition coefficient (Wildman–Crippen LogP) is 2.10. The molecule has 2 heterocycles. The number of rotatable bonds is 3. The molecule has 0 radical (unpaired) electrons. The molecule has 0 aromatic carbocycles. The molecular weight excluding hydrogens is 258 g/mol. The number of hydrogen-bond donors (Lipinski definition) is 1. The van der Waals surface area contributed by atoms with Crippen molar-refractivity contribution in [2.75, 3.05) is 5.73 Å². The molecule has 7 heteroatoms. The topological polar surface area (TPSA) is 77.6 Å². The standard InChI is InChI=1S/C10H10ClN5S/c1-6-2-3-13-9(14-6)5-17-10-15-7(11)4-8(12)16-10/h2-4H,5H2,1H3,(H2,12,15,16). The first-order valence-corrected chi connectivity index (χ1v) is 6.21. The van der Waals surface area contributed by atoms with Gasteiger partial charge in [-0.1, -0.05) is 23.4 Å². The third kappa shape index (κ3) is 3.54. The molecule has 0 atom stereocenters. The molecule has 2 aromatic heterocycles. The SMILES string of the molecule is Cc1ccnc(CSc2nc(N)cc(Cl)n2)n1. The van der Waals surface area contributed by atoms with Crippen LogP contribution in [0.5, 0.6) is 0 Å². The van der Waals surface area contributed by atoms with Gasteiger partial charge >= 0.3 is 0 Å². The summed E-state index contributed by atoms with van der Waals surface area (Å²) in [6.45, 7) is 1.92. The first kappa shape index (κ1) is 12.1. The highest BCUT2D eigenvalue weighted by atomic mass is 35.5. The molecule has 0 fully saturated rings. The van der Waals surface area contributed by atoms with Crippen molar-refractivity contribution in [2.24, 2.45) is 0 Å². The Morgan fingerprint density at radius 3 is 2.88 bits per heavy atom. The van der Waals surface area contributed by atoms with Crippen molar-refractivity contribution in [2.45, 2.75) is 17.8 Å². The van der Waals surface area contributed by atoms with Crippen molar-refractivity contribution in [1.82, 2.24) is 19.9 Å². The minimum atomic E-state index is 0.338. The molecule has 2 N–H and O–H groups in total. The normalized spacial score (nSPS) is 10.5. The maximum Gasteiger partial charge on any atom is 0.191 e. The number of nitrogen functional groups attached to an aromatic ring is 1. The van der Waals surface area contributed by atoms with E-state index in [0.717, 1.165) is 11.5 Å². The summed E-state index contributed by atoms with van der Waals surface area (Å²) < 4.78 is 0. The second-order valence-electron chi connectivity index (χ2n) is 3.30. The highest BCUT2D eigenvalue weighted by Crippen LogP contribution is 2.20.